The van der Waals surface area contributed by atoms with E-state index in [1.807, 2.05) is 6.07 Å². The monoisotopic (exact) mass is 218 g/mol. The summed E-state index contributed by atoms with van der Waals surface area (Å²) in [6.07, 6.45) is 3.48. The Kier molecular flexibility index (Phi) is 3.96. The molecular weight excluding hydrogens is 204 g/mol. The topological polar surface area (TPSA) is 76.2 Å². The van der Waals surface area contributed by atoms with Crippen molar-refractivity contribution in [2.45, 2.75) is 12.5 Å². The molecule has 1 atom stereocenters. The number of nitrogens with two attached hydrogens (primary N) is 1. The Morgan fingerprint density at radius 3 is 2.69 bits per heavy atom. The number of aromatic nitrogens is 1. The van der Waals surface area contributed by atoms with Crippen molar-refractivity contribution in [1.82, 2.24) is 4.98 Å². The van der Waals surface area contributed by atoms with Gasteiger partial charge in [0.25, 0.3) is 0 Å². The third-order valence-electron chi connectivity index (χ3n) is 2.17. The lowest BCUT2D eigenvalue weighted by Gasteiger charge is -2.07. The normalized spacial score (nSPS) is 11.8. The Morgan fingerprint density at radius 1 is 1.50 bits per heavy atom. The van der Waals surface area contributed by atoms with Crippen LogP contribution >= 0.6 is 0 Å². The van der Waals surface area contributed by atoms with Crippen molar-refractivity contribution in [2.24, 2.45) is 5.73 Å². The van der Waals surface area contributed by atoms with Crippen LogP contribution in [0.25, 0.3) is 12.2 Å². The smallest absolute Gasteiger partial charge is 0.320 e. The zero-order chi connectivity index (χ0) is 12.1. The lowest BCUT2D eigenvalue weighted by Crippen LogP contribution is -2.32. The van der Waals surface area contributed by atoms with Crippen molar-refractivity contribution >= 4 is 18.1 Å². The van der Waals surface area contributed by atoms with E-state index in [1.165, 1.54) is 0 Å². The SMILES string of the molecule is C=Cc1ccc(CC(N)C(=O)O)nc1C=C. The first-order chi connectivity index (χ1) is 7.58. The van der Waals surface area contributed by atoms with Gasteiger partial charge in [0.05, 0.1) is 5.69 Å². The lowest BCUT2D eigenvalue weighted by atomic mass is 10.1. The van der Waals surface area contributed by atoms with Crippen LogP contribution in [-0.2, 0) is 11.2 Å². The molecule has 3 N–H and O–H groups in total. The molecule has 1 aromatic heterocycles. The van der Waals surface area contributed by atoms with Crippen LogP contribution in [0.4, 0.5) is 0 Å². The standard InChI is InChI=1S/C12H14N2O2/c1-3-8-5-6-9(14-11(8)4-2)7-10(13)12(15)16/h3-6,10H,1-2,7,13H2,(H,15,16). The molecule has 0 saturated carbocycles. The second-order valence-corrected chi connectivity index (χ2v) is 3.33. The highest BCUT2D eigenvalue weighted by Crippen LogP contribution is 2.11. The Labute approximate surface area is 94.1 Å². The third-order valence-corrected chi connectivity index (χ3v) is 2.17. The molecule has 0 amide bonds. The minimum absolute atomic E-state index is 0.202. The van der Waals surface area contributed by atoms with E-state index in [2.05, 4.69) is 18.1 Å². The predicted octanol–water partition coefficient (Wildman–Crippen LogP) is 1.32. The van der Waals surface area contributed by atoms with Crippen LogP contribution in [0.3, 0.4) is 0 Å². The molecule has 0 aliphatic carbocycles. The molecule has 1 rings (SSSR count). The molecule has 84 valence electrons. The molecular formula is C12H14N2O2. The lowest BCUT2D eigenvalue weighted by molar-refractivity contribution is -0.138. The van der Waals surface area contributed by atoms with Gasteiger partial charge >= 0.3 is 5.97 Å². The second-order valence-electron chi connectivity index (χ2n) is 3.33. The summed E-state index contributed by atoms with van der Waals surface area (Å²) in [4.78, 5) is 14.8. The van der Waals surface area contributed by atoms with Crippen molar-refractivity contribution < 1.29 is 9.90 Å². The van der Waals surface area contributed by atoms with Crippen LogP contribution in [0.1, 0.15) is 17.0 Å². The van der Waals surface area contributed by atoms with E-state index in [0.29, 0.717) is 11.4 Å². The van der Waals surface area contributed by atoms with Crippen LogP contribution in [0.15, 0.2) is 25.3 Å². The van der Waals surface area contributed by atoms with Gasteiger partial charge in [-0.2, -0.15) is 0 Å². The van der Waals surface area contributed by atoms with E-state index in [4.69, 9.17) is 10.8 Å². The number of carbonyl (C=O) groups is 1. The third kappa shape index (κ3) is 2.77. The van der Waals surface area contributed by atoms with Crippen LogP contribution < -0.4 is 5.73 Å². The second kappa shape index (κ2) is 5.23. The van der Waals surface area contributed by atoms with E-state index in [-0.39, 0.29) is 6.42 Å². The zero-order valence-corrected chi connectivity index (χ0v) is 8.89. The number of hydrogen-bond donors (Lipinski definition) is 2. The predicted molar refractivity (Wildman–Crippen MR) is 63.7 cm³/mol. The summed E-state index contributed by atoms with van der Waals surface area (Å²) in [7, 11) is 0. The number of carboxylic acid groups (broad SMARTS) is 1. The van der Waals surface area contributed by atoms with Gasteiger partial charge in [-0.15, -0.1) is 0 Å². The Bertz CT molecular complexity index is 427. The maximum Gasteiger partial charge on any atom is 0.320 e. The molecule has 0 fully saturated rings. The van der Waals surface area contributed by atoms with E-state index < -0.39 is 12.0 Å². The molecule has 1 unspecified atom stereocenters. The first-order valence-corrected chi connectivity index (χ1v) is 4.81. The molecule has 4 nitrogen and oxygen atoms in total. The molecule has 0 aromatic carbocycles. The van der Waals surface area contributed by atoms with Crippen molar-refractivity contribution in [3.8, 4) is 0 Å². The number of rotatable bonds is 5. The van der Waals surface area contributed by atoms with E-state index in [9.17, 15) is 4.79 Å². The molecule has 1 heterocycles. The fraction of sp³-hybridized carbons (Fsp3) is 0.167. The van der Waals surface area contributed by atoms with Gasteiger partial charge in [-0.3, -0.25) is 9.78 Å². The van der Waals surface area contributed by atoms with Crippen molar-refractivity contribution in [3.05, 3.63) is 42.2 Å². The maximum atomic E-state index is 10.6. The molecule has 0 saturated heterocycles. The van der Waals surface area contributed by atoms with Gasteiger partial charge < -0.3 is 10.8 Å². The van der Waals surface area contributed by atoms with Gasteiger partial charge in [0.2, 0.25) is 0 Å². The summed E-state index contributed by atoms with van der Waals surface area (Å²) in [5.74, 6) is -1.03. The summed E-state index contributed by atoms with van der Waals surface area (Å²) in [6.45, 7) is 7.29. The number of carboxylic acids is 1. The van der Waals surface area contributed by atoms with Gasteiger partial charge in [0.15, 0.2) is 0 Å². The quantitative estimate of drug-likeness (QED) is 0.781. The maximum absolute atomic E-state index is 10.6. The Morgan fingerprint density at radius 2 is 2.19 bits per heavy atom. The number of nitrogens with zero attached hydrogens (tertiary/aromatic N) is 1. The molecule has 4 heteroatoms. The first kappa shape index (κ1) is 12.1. The largest absolute Gasteiger partial charge is 0.480 e. The molecule has 0 aliphatic rings. The summed E-state index contributed by atoms with van der Waals surface area (Å²) >= 11 is 0. The van der Waals surface area contributed by atoms with Gasteiger partial charge in [0.1, 0.15) is 6.04 Å². The van der Waals surface area contributed by atoms with E-state index in [1.54, 1.807) is 18.2 Å². The van der Waals surface area contributed by atoms with Crippen molar-refractivity contribution in [2.75, 3.05) is 0 Å². The molecule has 0 spiro atoms. The zero-order valence-electron chi connectivity index (χ0n) is 8.89. The van der Waals surface area contributed by atoms with Gasteiger partial charge in [0, 0.05) is 12.1 Å². The highest BCUT2D eigenvalue weighted by molar-refractivity contribution is 5.73. The first-order valence-electron chi connectivity index (χ1n) is 4.81. The summed E-state index contributed by atoms with van der Waals surface area (Å²) in [6, 6.07) is 2.63. The van der Waals surface area contributed by atoms with E-state index >= 15 is 0 Å². The highest BCUT2D eigenvalue weighted by Gasteiger charge is 2.13. The minimum Gasteiger partial charge on any atom is -0.480 e. The molecule has 1 aromatic rings. The Hall–Kier alpha value is -1.94. The fourth-order valence-electron chi connectivity index (χ4n) is 1.29. The van der Waals surface area contributed by atoms with Gasteiger partial charge in [-0.1, -0.05) is 25.3 Å². The Balaban J connectivity index is 2.95. The van der Waals surface area contributed by atoms with Gasteiger partial charge in [-0.25, -0.2) is 0 Å². The highest BCUT2D eigenvalue weighted by atomic mass is 16.4. The summed E-state index contributed by atoms with van der Waals surface area (Å²) in [5.41, 5.74) is 7.61. The number of pyridine rings is 1. The van der Waals surface area contributed by atoms with Crippen LogP contribution in [0.5, 0.6) is 0 Å². The fourth-order valence-corrected chi connectivity index (χ4v) is 1.29. The average molecular weight is 218 g/mol. The average Bonchev–Trinajstić information content (AvgIpc) is 2.28. The summed E-state index contributed by atoms with van der Waals surface area (Å²) in [5, 5.41) is 8.68. The van der Waals surface area contributed by atoms with Crippen LogP contribution in [0, 0.1) is 0 Å². The summed E-state index contributed by atoms with van der Waals surface area (Å²) < 4.78 is 0. The van der Waals surface area contributed by atoms with Crippen molar-refractivity contribution in [3.63, 3.8) is 0 Å². The molecule has 16 heavy (non-hydrogen) atoms. The van der Waals surface area contributed by atoms with Crippen molar-refractivity contribution in [1.29, 1.82) is 0 Å². The molecule has 0 bridgehead atoms. The van der Waals surface area contributed by atoms with E-state index in [0.717, 1.165) is 5.56 Å². The van der Waals surface area contributed by atoms with Crippen LogP contribution in [0.2, 0.25) is 0 Å². The molecule has 0 radical (unpaired) electrons. The molecule has 0 aliphatic heterocycles. The van der Waals surface area contributed by atoms with Gasteiger partial charge in [-0.05, 0) is 17.7 Å². The number of aliphatic carboxylic acids is 1. The minimum atomic E-state index is -1.03. The number of hydrogen-bond acceptors (Lipinski definition) is 3. The van der Waals surface area contributed by atoms with Crippen LogP contribution in [-0.4, -0.2) is 22.1 Å².